The quantitative estimate of drug-likeness (QED) is 0.899. The minimum absolute atomic E-state index is 0.683. The molecule has 0 aliphatic heterocycles. The molecule has 0 bridgehead atoms. The zero-order valence-corrected chi connectivity index (χ0v) is 12.6. The zero-order valence-electron chi connectivity index (χ0n) is 12.6. The first-order valence-corrected chi connectivity index (χ1v) is 7.16. The van der Waals surface area contributed by atoms with E-state index in [4.69, 9.17) is 4.74 Å². The molecule has 0 aliphatic rings. The second kappa shape index (κ2) is 9.98. The Hall–Kier alpha value is -1.87. The molecule has 0 aliphatic carbocycles. The fourth-order valence-electron chi connectivity index (χ4n) is 1.77. The van der Waals surface area contributed by atoms with Crippen LogP contribution in [0.4, 0.5) is 0 Å². The van der Waals surface area contributed by atoms with Crippen molar-refractivity contribution in [2.75, 3.05) is 19.7 Å². The normalized spacial score (nSPS) is 9.55. The van der Waals surface area contributed by atoms with Gasteiger partial charge in [-0.3, -0.25) is 4.98 Å². The highest BCUT2D eigenvalue weighted by molar-refractivity contribution is 5.69. The first kappa shape index (κ1) is 16.2. The Morgan fingerprint density at radius 1 is 0.950 bits per heavy atom. The maximum Gasteiger partial charge on any atom is 0.127 e. The zero-order chi connectivity index (χ0) is 14.6. The monoisotopic (exact) mass is 272 g/mol. The van der Waals surface area contributed by atoms with Gasteiger partial charge in [0.05, 0.1) is 6.61 Å². The Kier molecular flexibility index (Phi) is 8.08. The summed E-state index contributed by atoms with van der Waals surface area (Å²) in [7, 11) is 0. The summed E-state index contributed by atoms with van der Waals surface area (Å²) in [4.78, 5) is 4.01. The first-order valence-electron chi connectivity index (χ1n) is 7.16. The second-order valence-electron chi connectivity index (χ2n) is 4.12. The van der Waals surface area contributed by atoms with Crippen LogP contribution in [0.15, 0.2) is 48.8 Å². The summed E-state index contributed by atoms with van der Waals surface area (Å²) >= 11 is 0. The van der Waals surface area contributed by atoms with Gasteiger partial charge in [0.15, 0.2) is 0 Å². The van der Waals surface area contributed by atoms with Gasteiger partial charge in [-0.2, -0.15) is 0 Å². The Morgan fingerprint density at radius 3 is 2.15 bits per heavy atom. The van der Waals surface area contributed by atoms with Crippen molar-refractivity contribution >= 4 is 0 Å². The minimum atomic E-state index is 0.683. The predicted octanol–water partition coefficient (Wildman–Crippen LogP) is 3.76. The van der Waals surface area contributed by atoms with Gasteiger partial charge in [0.2, 0.25) is 0 Å². The molecule has 2 rings (SSSR count). The summed E-state index contributed by atoms with van der Waals surface area (Å²) in [6, 6.07) is 12.0. The second-order valence-corrected chi connectivity index (χ2v) is 4.12. The van der Waals surface area contributed by atoms with E-state index in [1.54, 1.807) is 12.4 Å². The summed E-state index contributed by atoms with van der Waals surface area (Å²) in [6.45, 7) is 9.06. The van der Waals surface area contributed by atoms with Gasteiger partial charge in [-0.1, -0.05) is 32.0 Å². The number of benzene rings is 1. The van der Waals surface area contributed by atoms with E-state index in [-0.39, 0.29) is 0 Å². The predicted molar refractivity (Wildman–Crippen MR) is 85.1 cm³/mol. The highest BCUT2D eigenvalue weighted by atomic mass is 16.5. The molecule has 0 spiro atoms. The number of hydrogen-bond acceptors (Lipinski definition) is 3. The lowest BCUT2D eigenvalue weighted by Gasteiger charge is -2.09. The molecule has 0 saturated carbocycles. The van der Waals surface area contributed by atoms with Crippen molar-refractivity contribution in [2.24, 2.45) is 0 Å². The molecule has 0 atom stereocenters. The van der Waals surface area contributed by atoms with E-state index in [0.717, 1.165) is 30.0 Å². The number of nitrogens with zero attached hydrogens (tertiary/aromatic N) is 1. The lowest BCUT2D eigenvalue weighted by atomic mass is 10.1. The van der Waals surface area contributed by atoms with Crippen molar-refractivity contribution in [3.05, 3.63) is 48.8 Å². The van der Waals surface area contributed by atoms with Gasteiger partial charge in [-0.05, 0) is 43.8 Å². The standard InChI is InChI=1S/C13H13NO.C4H11N/c1-2-15-13-6-4-3-5-12(13)11-7-9-14-10-8-11;1-3-5-4-2/h3-10H,2H2,1H3;5H,3-4H2,1-2H3. The Bertz CT molecular complexity index is 469. The minimum Gasteiger partial charge on any atom is -0.493 e. The first-order chi connectivity index (χ1) is 9.83. The SMILES string of the molecule is CCNCC.CCOc1ccccc1-c1ccncc1. The van der Waals surface area contributed by atoms with Crippen molar-refractivity contribution in [2.45, 2.75) is 20.8 Å². The van der Waals surface area contributed by atoms with Gasteiger partial charge in [-0.25, -0.2) is 0 Å². The van der Waals surface area contributed by atoms with E-state index in [2.05, 4.69) is 30.2 Å². The number of nitrogens with one attached hydrogen (secondary N) is 1. The third kappa shape index (κ3) is 5.41. The molecule has 0 radical (unpaired) electrons. The molecule has 0 amide bonds. The molecule has 108 valence electrons. The third-order valence-electron chi connectivity index (χ3n) is 2.68. The average molecular weight is 272 g/mol. The molecular weight excluding hydrogens is 248 g/mol. The van der Waals surface area contributed by atoms with Crippen LogP contribution in [0.1, 0.15) is 20.8 Å². The molecule has 1 heterocycles. The van der Waals surface area contributed by atoms with E-state index >= 15 is 0 Å². The van der Waals surface area contributed by atoms with Crippen LogP contribution in [0.5, 0.6) is 5.75 Å². The van der Waals surface area contributed by atoms with Crippen molar-refractivity contribution in [3.8, 4) is 16.9 Å². The van der Waals surface area contributed by atoms with E-state index < -0.39 is 0 Å². The van der Waals surface area contributed by atoms with E-state index in [9.17, 15) is 0 Å². The topological polar surface area (TPSA) is 34.1 Å². The van der Waals surface area contributed by atoms with Gasteiger partial charge < -0.3 is 10.1 Å². The van der Waals surface area contributed by atoms with Gasteiger partial charge in [0.1, 0.15) is 5.75 Å². The van der Waals surface area contributed by atoms with Gasteiger partial charge in [0.25, 0.3) is 0 Å². The van der Waals surface area contributed by atoms with Crippen LogP contribution in [-0.4, -0.2) is 24.7 Å². The van der Waals surface area contributed by atoms with Crippen LogP contribution in [-0.2, 0) is 0 Å². The maximum atomic E-state index is 5.57. The molecule has 0 saturated heterocycles. The fraction of sp³-hybridized carbons (Fsp3) is 0.353. The number of rotatable bonds is 5. The largest absolute Gasteiger partial charge is 0.493 e. The van der Waals surface area contributed by atoms with Crippen molar-refractivity contribution in [1.82, 2.24) is 10.3 Å². The Morgan fingerprint density at radius 2 is 1.60 bits per heavy atom. The van der Waals surface area contributed by atoms with Crippen LogP contribution in [0, 0.1) is 0 Å². The number of hydrogen-bond donors (Lipinski definition) is 1. The Labute approximate surface area is 122 Å². The van der Waals surface area contributed by atoms with Crippen molar-refractivity contribution in [1.29, 1.82) is 0 Å². The van der Waals surface area contributed by atoms with E-state index in [1.165, 1.54) is 0 Å². The molecule has 0 unspecified atom stereocenters. The molecule has 3 nitrogen and oxygen atoms in total. The molecule has 1 N–H and O–H groups in total. The molecule has 2 aromatic rings. The highest BCUT2D eigenvalue weighted by Crippen LogP contribution is 2.28. The molecule has 20 heavy (non-hydrogen) atoms. The lowest BCUT2D eigenvalue weighted by Crippen LogP contribution is -2.09. The van der Waals surface area contributed by atoms with Gasteiger partial charge in [-0.15, -0.1) is 0 Å². The summed E-state index contributed by atoms with van der Waals surface area (Å²) in [5.41, 5.74) is 2.25. The fourth-order valence-corrected chi connectivity index (χ4v) is 1.77. The number of para-hydroxylation sites is 1. The van der Waals surface area contributed by atoms with Gasteiger partial charge in [0, 0.05) is 18.0 Å². The van der Waals surface area contributed by atoms with Crippen LogP contribution in [0.3, 0.4) is 0 Å². The smallest absolute Gasteiger partial charge is 0.127 e. The molecule has 1 aromatic heterocycles. The Balaban J connectivity index is 0.000000347. The third-order valence-corrected chi connectivity index (χ3v) is 2.68. The summed E-state index contributed by atoms with van der Waals surface area (Å²) in [5, 5.41) is 3.11. The highest BCUT2D eigenvalue weighted by Gasteiger charge is 2.03. The van der Waals surface area contributed by atoms with Crippen molar-refractivity contribution < 1.29 is 4.74 Å². The summed E-state index contributed by atoms with van der Waals surface area (Å²) in [5.74, 6) is 0.922. The summed E-state index contributed by atoms with van der Waals surface area (Å²) < 4.78 is 5.57. The van der Waals surface area contributed by atoms with Gasteiger partial charge >= 0.3 is 0 Å². The van der Waals surface area contributed by atoms with E-state index in [0.29, 0.717) is 6.61 Å². The van der Waals surface area contributed by atoms with Crippen molar-refractivity contribution in [3.63, 3.8) is 0 Å². The molecule has 0 fully saturated rings. The number of pyridine rings is 1. The molecule has 1 aromatic carbocycles. The van der Waals surface area contributed by atoms with Crippen LogP contribution < -0.4 is 10.1 Å². The average Bonchev–Trinajstić information content (AvgIpc) is 2.51. The van der Waals surface area contributed by atoms with Crippen LogP contribution in [0.2, 0.25) is 0 Å². The maximum absolute atomic E-state index is 5.57. The number of aromatic nitrogens is 1. The number of ether oxygens (including phenoxy) is 1. The molecular formula is C17H24N2O. The summed E-state index contributed by atoms with van der Waals surface area (Å²) in [6.07, 6.45) is 3.58. The van der Waals surface area contributed by atoms with Crippen LogP contribution in [0.25, 0.3) is 11.1 Å². The molecule has 3 heteroatoms. The van der Waals surface area contributed by atoms with E-state index in [1.807, 2.05) is 37.3 Å². The lowest BCUT2D eigenvalue weighted by molar-refractivity contribution is 0.341. The van der Waals surface area contributed by atoms with Crippen LogP contribution >= 0.6 is 0 Å².